The van der Waals surface area contributed by atoms with Crippen LogP contribution in [0.15, 0.2) is 36.4 Å². The van der Waals surface area contributed by atoms with Crippen molar-refractivity contribution >= 4 is 17.6 Å². The lowest BCUT2D eigenvalue weighted by Crippen LogP contribution is -2.16. The molecule has 0 saturated carbocycles. The highest BCUT2D eigenvalue weighted by Crippen LogP contribution is 2.31. The van der Waals surface area contributed by atoms with Crippen LogP contribution in [0.5, 0.6) is 17.2 Å². The highest BCUT2D eigenvalue weighted by Gasteiger charge is 2.22. The molecule has 0 radical (unpaired) electrons. The van der Waals surface area contributed by atoms with Gasteiger partial charge in [-0.15, -0.1) is 5.10 Å². The summed E-state index contributed by atoms with van der Waals surface area (Å²) in [7, 11) is 3.11. The standard InChI is InChI=1S/C26H32N4O6/c1-16-24(28-29-30(16)21-15-19(34-5)9-10-22(21)35-6)25(33)27-18-12-17(26(2,3)4)13-20(14-18)36-11-7-8-23(31)32/h9-10,12-15H,7-8,11H2,1-6H3,(H,27,33)(H,31,32). The molecular weight excluding hydrogens is 464 g/mol. The van der Waals surface area contributed by atoms with Crippen LogP contribution in [0.3, 0.4) is 0 Å². The van der Waals surface area contributed by atoms with E-state index in [9.17, 15) is 9.59 Å². The summed E-state index contributed by atoms with van der Waals surface area (Å²) in [5.41, 5.74) is 2.56. The average Bonchev–Trinajstić information content (AvgIpc) is 3.21. The fraction of sp³-hybridized carbons (Fsp3) is 0.385. The van der Waals surface area contributed by atoms with Crippen LogP contribution in [0.1, 0.15) is 55.4 Å². The summed E-state index contributed by atoms with van der Waals surface area (Å²) in [6, 6.07) is 10.8. The zero-order chi connectivity index (χ0) is 26.5. The number of methoxy groups -OCH3 is 2. The summed E-state index contributed by atoms with van der Waals surface area (Å²) in [6.45, 7) is 8.16. The summed E-state index contributed by atoms with van der Waals surface area (Å²) in [5.74, 6) is 0.415. The van der Waals surface area contributed by atoms with E-state index in [2.05, 4.69) is 36.4 Å². The van der Waals surface area contributed by atoms with Crippen LogP contribution in [0.4, 0.5) is 5.69 Å². The summed E-state index contributed by atoms with van der Waals surface area (Å²) in [5, 5.41) is 20.0. The minimum atomic E-state index is -0.870. The number of benzene rings is 2. The molecule has 3 rings (SSSR count). The van der Waals surface area contributed by atoms with E-state index in [1.807, 2.05) is 12.1 Å². The molecule has 0 unspecified atom stereocenters. The van der Waals surface area contributed by atoms with Crippen LogP contribution in [0.25, 0.3) is 5.69 Å². The Morgan fingerprint density at radius 1 is 1.06 bits per heavy atom. The molecule has 10 nitrogen and oxygen atoms in total. The van der Waals surface area contributed by atoms with Crippen molar-refractivity contribution in [2.24, 2.45) is 0 Å². The zero-order valence-electron chi connectivity index (χ0n) is 21.4. The molecule has 0 aliphatic rings. The van der Waals surface area contributed by atoms with Gasteiger partial charge in [-0.3, -0.25) is 9.59 Å². The van der Waals surface area contributed by atoms with Gasteiger partial charge in [-0.1, -0.05) is 26.0 Å². The Morgan fingerprint density at radius 3 is 2.44 bits per heavy atom. The fourth-order valence-electron chi connectivity index (χ4n) is 3.52. The number of carbonyl (C=O) groups is 2. The molecule has 0 aliphatic carbocycles. The number of amides is 1. The molecule has 0 saturated heterocycles. The highest BCUT2D eigenvalue weighted by molar-refractivity contribution is 6.03. The molecule has 2 aromatic carbocycles. The Kier molecular flexibility index (Phi) is 8.18. The average molecular weight is 497 g/mol. The second-order valence-corrected chi connectivity index (χ2v) is 9.27. The maximum Gasteiger partial charge on any atom is 0.303 e. The summed E-state index contributed by atoms with van der Waals surface area (Å²) < 4.78 is 18.1. The van der Waals surface area contributed by atoms with Gasteiger partial charge in [0.25, 0.3) is 5.91 Å². The number of carboxylic acids is 1. The molecule has 2 N–H and O–H groups in total. The van der Waals surface area contributed by atoms with E-state index < -0.39 is 11.9 Å². The van der Waals surface area contributed by atoms with Gasteiger partial charge < -0.3 is 24.6 Å². The molecule has 1 amide bonds. The number of hydrogen-bond donors (Lipinski definition) is 2. The van der Waals surface area contributed by atoms with E-state index >= 15 is 0 Å². The summed E-state index contributed by atoms with van der Waals surface area (Å²) in [4.78, 5) is 23.9. The first-order valence-corrected chi connectivity index (χ1v) is 11.5. The molecule has 0 aliphatic heterocycles. The van der Waals surface area contributed by atoms with Gasteiger partial charge in [0.05, 0.1) is 26.5 Å². The predicted octanol–water partition coefficient (Wildman–Crippen LogP) is 4.39. The molecule has 0 atom stereocenters. The molecule has 36 heavy (non-hydrogen) atoms. The molecule has 1 aromatic heterocycles. The lowest BCUT2D eigenvalue weighted by Gasteiger charge is -2.21. The lowest BCUT2D eigenvalue weighted by molar-refractivity contribution is -0.137. The number of nitrogens with zero attached hydrogens (tertiary/aromatic N) is 3. The summed E-state index contributed by atoms with van der Waals surface area (Å²) in [6.07, 6.45) is 0.405. The normalized spacial score (nSPS) is 11.2. The van der Waals surface area contributed by atoms with E-state index in [0.717, 1.165) is 5.56 Å². The van der Waals surface area contributed by atoms with Crippen molar-refractivity contribution in [3.63, 3.8) is 0 Å². The van der Waals surface area contributed by atoms with E-state index in [1.165, 1.54) is 4.68 Å². The van der Waals surface area contributed by atoms with Gasteiger partial charge in [-0.25, -0.2) is 4.68 Å². The van der Waals surface area contributed by atoms with Gasteiger partial charge in [0.1, 0.15) is 22.9 Å². The Labute approximate surface area is 210 Å². The van der Waals surface area contributed by atoms with Gasteiger partial charge in [-0.05, 0) is 48.6 Å². The smallest absolute Gasteiger partial charge is 0.303 e. The maximum absolute atomic E-state index is 13.2. The van der Waals surface area contributed by atoms with Crippen molar-refractivity contribution in [3.05, 3.63) is 53.3 Å². The first-order chi connectivity index (χ1) is 17.0. The van der Waals surface area contributed by atoms with Crippen LogP contribution in [-0.2, 0) is 10.2 Å². The van der Waals surface area contributed by atoms with Crippen molar-refractivity contribution in [2.75, 3.05) is 26.1 Å². The van der Waals surface area contributed by atoms with Crippen LogP contribution < -0.4 is 19.5 Å². The van der Waals surface area contributed by atoms with Crippen LogP contribution >= 0.6 is 0 Å². The van der Waals surface area contributed by atoms with Gasteiger partial charge >= 0.3 is 5.97 Å². The summed E-state index contributed by atoms with van der Waals surface area (Å²) >= 11 is 0. The van der Waals surface area contributed by atoms with E-state index in [0.29, 0.717) is 40.7 Å². The molecule has 0 spiro atoms. The number of carboxylic acid groups (broad SMARTS) is 1. The molecule has 0 fully saturated rings. The molecule has 192 valence electrons. The first kappa shape index (κ1) is 26.5. The van der Waals surface area contributed by atoms with Gasteiger partial charge in [0, 0.05) is 24.2 Å². The molecule has 0 bridgehead atoms. The zero-order valence-corrected chi connectivity index (χ0v) is 21.4. The third kappa shape index (κ3) is 6.32. The number of carbonyl (C=O) groups excluding carboxylic acids is 1. The molecule has 3 aromatic rings. The Morgan fingerprint density at radius 2 is 1.81 bits per heavy atom. The Hall–Kier alpha value is -4.08. The fourth-order valence-corrected chi connectivity index (χ4v) is 3.52. The van der Waals surface area contributed by atoms with Crippen molar-refractivity contribution in [2.45, 2.75) is 46.0 Å². The Balaban J connectivity index is 1.87. The molecule has 1 heterocycles. The van der Waals surface area contributed by atoms with Gasteiger partial charge in [-0.2, -0.15) is 0 Å². The minimum absolute atomic E-state index is 0.0234. The number of nitrogens with one attached hydrogen (secondary N) is 1. The van der Waals surface area contributed by atoms with Crippen molar-refractivity contribution in [3.8, 4) is 22.9 Å². The topological polar surface area (TPSA) is 125 Å². The number of aliphatic carboxylic acids is 1. The van der Waals surface area contributed by atoms with Crippen LogP contribution in [0, 0.1) is 6.92 Å². The van der Waals surface area contributed by atoms with E-state index in [-0.39, 0.29) is 24.1 Å². The number of hydrogen-bond acceptors (Lipinski definition) is 7. The van der Waals surface area contributed by atoms with Crippen LogP contribution in [0.2, 0.25) is 0 Å². The third-order valence-electron chi connectivity index (χ3n) is 5.56. The molecular formula is C26H32N4O6. The second kappa shape index (κ2) is 11.1. The Bertz CT molecular complexity index is 1250. The van der Waals surface area contributed by atoms with Gasteiger partial charge in [0.15, 0.2) is 5.69 Å². The van der Waals surface area contributed by atoms with Crippen molar-refractivity contribution in [1.82, 2.24) is 15.0 Å². The second-order valence-electron chi connectivity index (χ2n) is 9.27. The van der Waals surface area contributed by atoms with Crippen molar-refractivity contribution < 1.29 is 28.9 Å². The maximum atomic E-state index is 13.2. The SMILES string of the molecule is COc1ccc(OC)c(-n2nnc(C(=O)Nc3cc(OCCCC(=O)O)cc(C(C)(C)C)c3)c2C)c1. The number of anilines is 1. The van der Waals surface area contributed by atoms with E-state index in [4.69, 9.17) is 19.3 Å². The predicted molar refractivity (Wildman–Crippen MR) is 135 cm³/mol. The highest BCUT2D eigenvalue weighted by atomic mass is 16.5. The monoisotopic (exact) mass is 496 g/mol. The number of rotatable bonds is 10. The number of ether oxygens (including phenoxy) is 3. The first-order valence-electron chi connectivity index (χ1n) is 11.5. The minimum Gasteiger partial charge on any atom is -0.497 e. The van der Waals surface area contributed by atoms with Crippen LogP contribution in [-0.4, -0.2) is 52.8 Å². The molecule has 10 heteroatoms. The van der Waals surface area contributed by atoms with E-state index in [1.54, 1.807) is 45.4 Å². The largest absolute Gasteiger partial charge is 0.497 e. The quantitative estimate of drug-likeness (QED) is 0.396. The van der Waals surface area contributed by atoms with Gasteiger partial charge in [0.2, 0.25) is 0 Å². The number of aromatic nitrogens is 3. The third-order valence-corrected chi connectivity index (χ3v) is 5.56. The van der Waals surface area contributed by atoms with Crippen molar-refractivity contribution in [1.29, 1.82) is 0 Å². The lowest BCUT2D eigenvalue weighted by atomic mass is 9.86.